The van der Waals surface area contributed by atoms with Crippen molar-refractivity contribution in [2.45, 2.75) is 18.2 Å². The highest BCUT2D eigenvalue weighted by atomic mass is 32.2. The molecule has 13 heavy (non-hydrogen) atoms. The summed E-state index contributed by atoms with van der Waals surface area (Å²) >= 11 is 2.06. The maximum atomic E-state index is 3.56. The van der Waals surface area contributed by atoms with Gasteiger partial charge in [-0.25, -0.2) is 0 Å². The molecule has 0 saturated carbocycles. The lowest BCUT2D eigenvalue weighted by atomic mass is 10.1. The van der Waals surface area contributed by atoms with Gasteiger partial charge < -0.3 is 5.32 Å². The van der Waals surface area contributed by atoms with Crippen LogP contribution >= 0.6 is 11.8 Å². The van der Waals surface area contributed by atoms with Crippen molar-refractivity contribution in [3.05, 3.63) is 35.9 Å². The molecule has 0 bridgehead atoms. The number of thioether (sulfide) groups is 1. The highest BCUT2D eigenvalue weighted by Gasteiger charge is 2.18. The van der Waals surface area contributed by atoms with Crippen molar-refractivity contribution in [3.8, 4) is 0 Å². The van der Waals surface area contributed by atoms with Crippen LogP contribution in [0.2, 0.25) is 0 Å². The molecule has 0 spiro atoms. The van der Waals surface area contributed by atoms with Gasteiger partial charge in [-0.3, -0.25) is 0 Å². The van der Waals surface area contributed by atoms with Gasteiger partial charge in [-0.2, -0.15) is 11.8 Å². The van der Waals surface area contributed by atoms with Crippen LogP contribution in [-0.2, 0) is 0 Å². The van der Waals surface area contributed by atoms with E-state index < -0.39 is 0 Å². The Hall–Kier alpha value is -0.470. The Bertz CT molecular complexity index is 252. The van der Waals surface area contributed by atoms with Crippen LogP contribution in [-0.4, -0.2) is 17.5 Å². The third-order valence-corrected chi connectivity index (χ3v) is 3.66. The molecule has 1 aliphatic rings. The summed E-state index contributed by atoms with van der Waals surface area (Å²) in [5.74, 6) is 1.20. The third kappa shape index (κ3) is 2.26. The molecule has 0 aliphatic carbocycles. The maximum Gasteiger partial charge on any atom is 0.0412 e. The second-order valence-corrected chi connectivity index (χ2v) is 4.99. The summed E-state index contributed by atoms with van der Waals surface area (Å²) < 4.78 is 0. The van der Waals surface area contributed by atoms with Crippen molar-refractivity contribution in [1.29, 1.82) is 0 Å². The monoisotopic (exact) mass is 193 g/mol. The van der Waals surface area contributed by atoms with E-state index in [1.54, 1.807) is 0 Å². The van der Waals surface area contributed by atoms with E-state index in [0.717, 1.165) is 11.8 Å². The Morgan fingerprint density at radius 3 is 2.69 bits per heavy atom. The summed E-state index contributed by atoms with van der Waals surface area (Å²) in [6, 6.07) is 11.3. The average Bonchev–Trinajstić information content (AvgIpc) is 2.20. The summed E-state index contributed by atoms with van der Waals surface area (Å²) in [7, 11) is 0. The SMILES string of the molecule is CC1CNC(c2ccccc2)CS1. The minimum atomic E-state index is 0.558. The van der Waals surface area contributed by atoms with Gasteiger partial charge in [-0.15, -0.1) is 0 Å². The van der Waals surface area contributed by atoms with E-state index in [9.17, 15) is 0 Å². The summed E-state index contributed by atoms with van der Waals surface area (Å²) in [6.07, 6.45) is 0. The van der Waals surface area contributed by atoms with Gasteiger partial charge in [0.1, 0.15) is 0 Å². The molecule has 1 heterocycles. The number of hydrogen-bond donors (Lipinski definition) is 1. The summed E-state index contributed by atoms with van der Waals surface area (Å²) in [4.78, 5) is 0. The van der Waals surface area contributed by atoms with E-state index in [1.165, 1.54) is 11.3 Å². The van der Waals surface area contributed by atoms with Gasteiger partial charge in [0.15, 0.2) is 0 Å². The molecular formula is C11H15NS. The standard InChI is InChI=1S/C11H15NS/c1-9-7-12-11(8-13-9)10-5-3-2-4-6-10/h2-6,9,11-12H,7-8H2,1H3. The number of benzene rings is 1. The molecule has 2 heteroatoms. The molecule has 1 fully saturated rings. The largest absolute Gasteiger partial charge is 0.308 e. The van der Waals surface area contributed by atoms with E-state index in [1.807, 2.05) is 0 Å². The van der Waals surface area contributed by atoms with Gasteiger partial charge in [0.2, 0.25) is 0 Å². The van der Waals surface area contributed by atoms with Gasteiger partial charge in [0.25, 0.3) is 0 Å². The van der Waals surface area contributed by atoms with E-state index >= 15 is 0 Å². The van der Waals surface area contributed by atoms with Crippen molar-refractivity contribution in [3.63, 3.8) is 0 Å². The molecule has 1 saturated heterocycles. The fraction of sp³-hybridized carbons (Fsp3) is 0.455. The van der Waals surface area contributed by atoms with Crippen LogP contribution in [0.5, 0.6) is 0 Å². The Labute approximate surface area is 83.9 Å². The Morgan fingerprint density at radius 2 is 2.08 bits per heavy atom. The van der Waals surface area contributed by atoms with Gasteiger partial charge >= 0.3 is 0 Å². The van der Waals surface area contributed by atoms with Crippen molar-refractivity contribution in [2.75, 3.05) is 12.3 Å². The second kappa shape index (κ2) is 4.16. The first-order valence-corrected chi connectivity index (χ1v) is 5.81. The van der Waals surface area contributed by atoms with Crippen LogP contribution in [0.15, 0.2) is 30.3 Å². The quantitative estimate of drug-likeness (QED) is 0.735. The van der Waals surface area contributed by atoms with Crippen LogP contribution in [0.25, 0.3) is 0 Å². The predicted molar refractivity (Wildman–Crippen MR) is 59.1 cm³/mol. The smallest absolute Gasteiger partial charge is 0.0412 e. The third-order valence-electron chi connectivity index (χ3n) is 2.40. The zero-order valence-corrected chi connectivity index (χ0v) is 8.68. The molecule has 2 unspecified atom stereocenters. The molecule has 1 N–H and O–H groups in total. The lowest BCUT2D eigenvalue weighted by Crippen LogP contribution is -2.34. The zero-order chi connectivity index (χ0) is 9.10. The molecule has 2 atom stereocenters. The van der Waals surface area contributed by atoms with Crippen molar-refractivity contribution < 1.29 is 0 Å². The van der Waals surface area contributed by atoms with E-state index in [0.29, 0.717) is 6.04 Å². The van der Waals surface area contributed by atoms with Crippen LogP contribution in [0.1, 0.15) is 18.5 Å². The van der Waals surface area contributed by atoms with Gasteiger partial charge in [0, 0.05) is 23.6 Å². The van der Waals surface area contributed by atoms with Crippen molar-refractivity contribution in [2.24, 2.45) is 0 Å². The van der Waals surface area contributed by atoms with Crippen molar-refractivity contribution in [1.82, 2.24) is 5.32 Å². The molecule has 70 valence electrons. The van der Waals surface area contributed by atoms with E-state index in [-0.39, 0.29) is 0 Å². The van der Waals surface area contributed by atoms with E-state index in [2.05, 4.69) is 54.3 Å². The highest BCUT2D eigenvalue weighted by Crippen LogP contribution is 2.25. The van der Waals surface area contributed by atoms with Crippen LogP contribution in [0, 0.1) is 0 Å². The Morgan fingerprint density at radius 1 is 1.31 bits per heavy atom. The van der Waals surface area contributed by atoms with Crippen LogP contribution in [0.4, 0.5) is 0 Å². The summed E-state index contributed by atoms with van der Waals surface area (Å²) in [6.45, 7) is 3.41. The van der Waals surface area contributed by atoms with Crippen LogP contribution < -0.4 is 5.32 Å². The minimum absolute atomic E-state index is 0.558. The lowest BCUT2D eigenvalue weighted by molar-refractivity contribution is 0.564. The minimum Gasteiger partial charge on any atom is -0.308 e. The first-order chi connectivity index (χ1) is 6.36. The molecule has 0 radical (unpaired) electrons. The maximum absolute atomic E-state index is 3.56. The average molecular weight is 193 g/mol. The number of nitrogens with one attached hydrogen (secondary N) is 1. The predicted octanol–water partition coefficient (Wildman–Crippen LogP) is 2.45. The molecule has 1 aliphatic heterocycles. The first-order valence-electron chi connectivity index (χ1n) is 4.76. The molecule has 1 aromatic carbocycles. The molecule has 1 aromatic rings. The molecule has 0 aromatic heterocycles. The number of hydrogen-bond acceptors (Lipinski definition) is 2. The van der Waals surface area contributed by atoms with Crippen molar-refractivity contribution >= 4 is 11.8 Å². The fourth-order valence-electron chi connectivity index (χ4n) is 1.59. The van der Waals surface area contributed by atoms with E-state index in [4.69, 9.17) is 0 Å². The van der Waals surface area contributed by atoms with Gasteiger partial charge in [0.05, 0.1) is 0 Å². The molecule has 1 nitrogen and oxygen atoms in total. The fourth-order valence-corrected chi connectivity index (χ4v) is 2.63. The van der Waals surface area contributed by atoms with Gasteiger partial charge in [-0.1, -0.05) is 37.3 Å². The summed E-state index contributed by atoms with van der Waals surface area (Å²) in [5.41, 5.74) is 1.42. The number of rotatable bonds is 1. The second-order valence-electron chi connectivity index (χ2n) is 3.52. The molecule has 2 rings (SSSR count). The normalized spacial score (nSPS) is 28.7. The zero-order valence-electron chi connectivity index (χ0n) is 7.86. The van der Waals surface area contributed by atoms with Crippen LogP contribution in [0.3, 0.4) is 0 Å². The Balaban J connectivity index is 2.03. The van der Waals surface area contributed by atoms with Gasteiger partial charge in [-0.05, 0) is 5.56 Å². The Kier molecular flexibility index (Phi) is 2.91. The first kappa shape index (κ1) is 9.10. The highest BCUT2D eigenvalue weighted by molar-refractivity contribution is 8.00. The topological polar surface area (TPSA) is 12.0 Å². The molecular weight excluding hydrogens is 178 g/mol. The lowest BCUT2D eigenvalue weighted by Gasteiger charge is -2.27. The summed E-state index contributed by atoms with van der Waals surface area (Å²) in [5, 5.41) is 4.33. The molecule has 0 amide bonds.